The molecule has 0 bridgehead atoms. The standard InChI is InChI=1S/C14H14O3/c1-8-9(2)14(17)11(7-13(8)16)10-5-3-4-6-12(10)15/h3-7,15-17H,1-2H3. The molecule has 3 heteroatoms. The number of phenols is 3. The molecule has 2 aromatic rings. The van der Waals surface area contributed by atoms with Crippen LogP contribution >= 0.6 is 0 Å². The topological polar surface area (TPSA) is 60.7 Å². The minimum atomic E-state index is 0.0745. The summed E-state index contributed by atoms with van der Waals surface area (Å²) < 4.78 is 0. The fourth-order valence-corrected chi connectivity index (χ4v) is 1.79. The fraction of sp³-hybridized carbons (Fsp3) is 0.143. The Labute approximate surface area is 99.6 Å². The third-order valence-electron chi connectivity index (χ3n) is 3.03. The molecule has 0 aliphatic heterocycles. The zero-order valence-electron chi connectivity index (χ0n) is 9.73. The van der Waals surface area contributed by atoms with Crippen molar-refractivity contribution >= 4 is 0 Å². The maximum Gasteiger partial charge on any atom is 0.126 e. The van der Waals surface area contributed by atoms with E-state index in [0.29, 0.717) is 22.3 Å². The van der Waals surface area contributed by atoms with Crippen molar-refractivity contribution in [2.45, 2.75) is 13.8 Å². The van der Waals surface area contributed by atoms with E-state index >= 15 is 0 Å². The predicted octanol–water partition coefficient (Wildman–Crippen LogP) is 3.09. The molecule has 88 valence electrons. The van der Waals surface area contributed by atoms with Crippen LogP contribution in [0.5, 0.6) is 17.2 Å². The summed E-state index contributed by atoms with van der Waals surface area (Å²) in [5.41, 5.74) is 2.19. The molecule has 0 saturated heterocycles. The van der Waals surface area contributed by atoms with Crippen molar-refractivity contribution in [3.05, 3.63) is 41.5 Å². The number of hydrogen-bond acceptors (Lipinski definition) is 3. The van der Waals surface area contributed by atoms with Gasteiger partial charge in [0.25, 0.3) is 0 Å². The average molecular weight is 230 g/mol. The SMILES string of the molecule is Cc1c(O)cc(-c2ccccc2O)c(O)c1C. The second kappa shape index (κ2) is 4.01. The van der Waals surface area contributed by atoms with Gasteiger partial charge in [-0.25, -0.2) is 0 Å². The Balaban J connectivity index is 2.73. The highest BCUT2D eigenvalue weighted by molar-refractivity contribution is 5.78. The van der Waals surface area contributed by atoms with Gasteiger partial charge in [-0.15, -0.1) is 0 Å². The molecular formula is C14H14O3. The molecule has 0 heterocycles. The molecule has 0 unspecified atom stereocenters. The summed E-state index contributed by atoms with van der Waals surface area (Å²) in [5, 5.41) is 29.6. The summed E-state index contributed by atoms with van der Waals surface area (Å²) >= 11 is 0. The highest BCUT2D eigenvalue weighted by Gasteiger charge is 2.14. The molecule has 0 fully saturated rings. The summed E-state index contributed by atoms with van der Waals surface area (Å²) in [7, 11) is 0. The van der Waals surface area contributed by atoms with Crippen molar-refractivity contribution in [1.29, 1.82) is 0 Å². The van der Waals surface area contributed by atoms with E-state index in [0.717, 1.165) is 0 Å². The summed E-state index contributed by atoms with van der Waals surface area (Å²) in [5.74, 6) is 0.269. The molecule has 0 saturated carbocycles. The molecule has 17 heavy (non-hydrogen) atoms. The van der Waals surface area contributed by atoms with Crippen LogP contribution in [0, 0.1) is 13.8 Å². The highest BCUT2D eigenvalue weighted by atomic mass is 16.3. The molecule has 0 spiro atoms. The van der Waals surface area contributed by atoms with E-state index in [1.54, 1.807) is 38.1 Å². The lowest BCUT2D eigenvalue weighted by atomic mass is 9.97. The van der Waals surface area contributed by atoms with Crippen molar-refractivity contribution in [2.75, 3.05) is 0 Å². The van der Waals surface area contributed by atoms with Crippen molar-refractivity contribution in [2.24, 2.45) is 0 Å². The van der Waals surface area contributed by atoms with Crippen LogP contribution in [0.15, 0.2) is 30.3 Å². The molecule has 0 aliphatic carbocycles. The Bertz CT molecular complexity index is 574. The van der Waals surface area contributed by atoms with Crippen LogP contribution < -0.4 is 0 Å². The van der Waals surface area contributed by atoms with Gasteiger partial charge in [0.15, 0.2) is 0 Å². The van der Waals surface area contributed by atoms with E-state index in [2.05, 4.69) is 0 Å². The Morgan fingerprint density at radius 1 is 0.765 bits per heavy atom. The molecule has 0 radical (unpaired) electrons. The lowest BCUT2D eigenvalue weighted by molar-refractivity contribution is 0.453. The van der Waals surface area contributed by atoms with Gasteiger partial charge in [-0.3, -0.25) is 0 Å². The fourth-order valence-electron chi connectivity index (χ4n) is 1.79. The van der Waals surface area contributed by atoms with Gasteiger partial charge in [0.1, 0.15) is 17.2 Å². The molecule has 3 N–H and O–H groups in total. The second-order valence-electron chi connectivity index (χ2n) is 4.06. The normalized spacial score (nSPS) is 10.5. The van der Waals surface area contributed by atoms with E-state index in [-0.39, 0.29) is 17.2 Å². The van der Waals surface area contributed by atoms with Gasteiger partial charge in [-0.2, -0.15) is 0 Å². The monoisotopic (exact) mass is 230 g/mol. The Morgan fingerprint density at radius 2 is 1.41 bits per heavy atom. The molecular weight excluding hydrogens is 216 g/mol. The number of phenolic OH excluding ortho intramolecular Hbond substituents is 3. The van der Waals surface area contributed by atoms with Crippen LogP contribution in [0.25, 0.3) is 11.1 Å². The Hall–Kier alpha value is -2.16. The maximum absolute atomic E-state index is 10.1. The summed E-state index contributed by atoms with van der Waals surface area (Å²) in [6.45, 7) is 3.47. The lowest BCUT2D eigenvalue weighted by Crippen LogP contribution is -1.88. The second-order valence-corrected chi connectivity index (χ2v) is 4.06. The first kappa shape index (κ1) is 11.3. The Kier molecular flexibility index (Phi) is 2.68. The Morgan fingerprint density at radius 3 is 2.06 bits per heavy atom. The molecule has 0 atom stereocenters. The average Bonchev–Trinajstić information content (AvgIpc) is 2.32. The van der Waals surface area contributed by atoms with Crippen LogP contribution in [-0.4, -0.2) is 15.3 Å². The first-order valence-corrected chi connectivity index (χ1v) is 5.33. The van der Waals surface area contributed by atoms with Gasteiger partial charge >= 0.3 is 0 Å². The first-order valence-electron chi connectivity index (χ1n) is 5.33. The molecule has 3 nitrogen and oxygen atoms in total. The van der Waals surface area contributed by atoms with Crippen LogP contribution in [0.1, 0.15) is 11.1 Å². The number of para-hydroxylation sites is 1. The van der Waals surface area contributed by atoms with Gasteiger partial charge < -0.3 is 15.3 Å². The number of aromatic hydroxyl groups is 3. The van der Waals surface area contributed by atoms with Crippen molar-refractivity contribution < 1.29 is 15.3 Å². The number of rotatable bonds is 1. The third-order valence-corrected chi connectivity index (χ3v) is 3.03. The first-order chi connectivity index (χ1) is 8.02. The zero-order valence-corrected chi connectivity index (χ0v) is 9.73. The largest absolute Gasteiger partial charge is 0.508 e. The van der Waals surface area contributed by atoms with Crippen molar-refractivity contribution in [3.63, 3.8) is 0 Å². The summed E-state index contributed by atoms with van der Waals surface area (Å²) in [6.07, 6.45) is 0. The summed E-state index contributed by atoms with van der Waals surface area (Å²) in [4.78, 5) is 0. The lowest BCUT2D eigenvalue weighted by Gasteiger charge is -2.12. The van der Waals surface area contributed by atoms with E-state index in [1.165, 1.54) is 6.07 Å². The van der Waals surface area contributed by atoms with Crippen LogP contribution in [0.2, 0.25) is 0 Å². The predicted molar refractivity (Wildman–Crippen MR) is 66.3 cm³/mol. The van der Waals surface area contributed by atoms with E-state index in [1.807, 2.05) is 0 Å². The third kappa shape index (κ3) is 1.80. The van der Waals surface area contributed by atoms with Gasteiger partial charge in [0.05, 0.1) is 0 Å². The minimum Gasteiger partial charge on any atom is -0.508 e. The van der Waals surface area contributed by atoms with Crippen LogP contribution in [0.4, 0.5) is 0 Å². The van der Waals surface area contributed by atoms with Crippen LogP contribution in [0.3, 0.4) is 0 Å². The smallest absolute Gasteiger partial charge is 0.126 e. The van der Waals surface area contributed by atoms with Crippen LogP contribution in [-0.2, 0) is 0 Å². The van der Waals surface area contributed by atoms with Gasteiger partial charge in [-0.1, -0.05) is 18.2 Å². The quantitative estimate of drug-likeness (QED) is 0.660. The van der Waals surface area contributed by atoms with Crippen molar-refractivity contribution in [1.82, 2.24) is 0 Å². The molecule has 2 rings (SSSR count). The molecule has 0 aliphatic rings. The summed E-state index contributed by atoms with van der Waals surface area (Å²) in [6, 6.07) is 8.17. The van der Waals surface area contributed by atoms with Gasteiger partial charge in [0, 0.05) is 11.1 Å². The van der Waals surface area contributed by atoms with E-state index < -0.39 is 0 Å². The van der Waals surface area contributed by atoms with Crippen molar-refractivity contribution in [3.8, 4) is 28.4 Å². The highest BCUT2D eigenvalue weighted by Crippen LogP contribution is 2.41. The number of hydrogen-bond donors (Lipinski definition) is 3. The van der Waals surface area contributed by atoms with Gasteiger partial charge in [-0.05, 0) is 37.1 Å². The maximum atomic E-state index is 10.1. The molecule has 0 amide bonds. The van der Waals surface area contributed by atoms with E-state index in [9.17, 15) is 15.3 Å². The zero-order chi connectivity index (χ0) is 12.6. The number of benzene rings is 2. The van der Waals surface area contributed by atoms with E-state index in [4.69, 9.17) is 0 Å². The molecule has 2 aromatic carbocycles. The van der Waals surface area contributed by atoms with Gasteiger partial charge in [0.2, 0.25) is 0 Å². The molecule has 0 aromatic heterocycles. The minimum absolute atomic E-state index is 0.0745.